The minimum absolute atomic E-state index is 0.107. The van der Waals surface area contributed by atoms with E-state index < -0.39 is 11.9 Å². The van der Waals surface area contributed by atoms with E-state index in [1.54, 1.807) is 12.1 Å². The number of carboxylic acids is 2. The third-order valence-corrected chi connectivity index (χ3v) is 5.09. The molecule has 2 N–H and O–H groups in total. The number of benzene rings is 2. The van der Waals surface area contributed by atoms with Crippen LogP contribution in [0.4, 0.5) is 4.39 Å². The van der Waals surface area contributed by atoms with Gasteiger partial charge >= 0.3 is 11.9 Å². The molecule has 0 spiro atoms. The van der Waals surface area contributed by atoms with Crippen LogP contribution in [0.5, 0.6) is 5.75 Å². The second-order valence-electron chi connectivity index (χ2n) is 7.97. The predicted octanol–water partition coefficient (Wildman–Crippen LogP) is 4.74. The molecule has 0 unspecified atom stereocenters. The minimum atomic E-state index is -1.26. The fourth-order valence-electron chi connectivity index (χ4n) is 3.47. The van der Waals surface area contributed by atoms with E-state index in [-0.39, 0.29) is 11.9 Å². The van der Waals surface area contributed by atoms with Crippen LogP contribution in [-0.4, -0.2) is 52.8 Å². The summed E-state index contributed by atoms with van der Waals surface area (Å²) in [6, 6.07) is 16.9. The van der Waals surface area contributed by atoms with Crippen LogP contribution in [0.25, 0.3) is 0 Å². The molecule has 0 aromatic heterocycles. The standard InChI is InChI=1S/C22H26FNO.C4H4O4/c1-17(2)12-14-24-15-13-22(25-20-10-8-19(23)9-11-20)21(16-24)18-6-4-3-5-7-18;5-3(6)1-2-4(7)8/h3-12,21-22H,13-16H2,1-2H3;1-2H,(H,5,6)(H,7,8)/b;2-1+/t21-,22+;/m1./s1. The number of carbonyl (C=O) groups is 2. The summed E-state index contributed by atoms with van der Waals surface area (Å²) in [6.45, 7) is 7.24. The number of piperidine rings is 1. The van der Waals surface area contributed by atoms with Crippen LogP contribution >= 0.6 is 0 Å². The molecule has 3 rings (SSSR count). The number of hydrogen-bond donors (Lipinski definition) is 2. The minimum Gasteiger partial charge on any atom is -0.490 e. The summed E-state index contributed by atoms with van der Waals surface area (Å²) in [6.07, 6.45) is 4.47. The van der Waals surface area contributed by atoms with Gasteiger partial charge in [-0.2, -0.15) is 0 Å². The van der Waals surface area contributed by atoms with Gasteiger partial charge in [-0.05, 0) is 50.1 Å². The molecular formula is C26H30FNO5. The summed E-state index contributed by atoms with van der Waals surface area (Å²) in [4.78, 5) is 21.6. The van der Waals surface area contributed by atoms with Crippen molar-refractivity contribution < 1.29 is 28.9 Å². The molecule has 2 atom stereocenters. The van der Waals surface area contributed by atoms with Crippen LogP contribution in [0.15, 0.2) is 78.4 Å². The Morgan fingerprint density at radius 1 is 1.03 bits per heavy atom. The normalized spacial score (nSPS) is 18.2. The number of nitrogens with zero attached hydrogens (tertiary/aromatic N) is 1. The highest BCUT2D eigenvalue weighted by Gasteiger charge is 2.31. The number of hydrogen-bond acceptors (Lipinski definition) is 4. The van der Waals surface area contributed by atoms with E-state index >= 15 is 0 Å². The molecule has 33 heavy (non-hydrogen) atoms. The van der Waals surface area contributed by atoms with E-state index in [2.05, 4.69) is 49.1 Å². The van der Waals surface area contributed by atoms with E-state index in [1.807, 2.05) is 6.07 Å². The highest BCUT2D eigenvalue weighted by atomic mass is 19.1. The molecule has 2 aromatic rings. The Hall–Kier alpha value is -3.45. The Labute approximate surface area is 193 Å². The SMILES string of the molecule is CC(C)=CCN1CC[C@H](Oc2ccc(F)cc2)[C@@H](c2ccccc2)C1.O=C(O)/C=C/C(=O)O. The molecule has 0 bridgehead atoms. The van der Waals surface area contributed by atoms with Gasteiger partial charge in [-0.25, -0.2) is 14.0 Å². The second-order valence-corrected chi connectivity index (χ2v) is 7.97. The summed E-state index contributed by atoms with van der Waals surface area (Å²) < 4.78 is 19.4. The first-order chi connectivity index (χ1) is 15.7. The molecule has 1 fully saturated rings. The zero-order chi connectivity index (χ0) is 24.2. The number of aliphatic carboxylic acids is 2. The van der Waals surface area contributed by atoms with Crippen molar-refractivity contribution in [3.8, 4) is 5.75 Å². The molecule has 1 aliphatic rings. The Morgan fingerprint density at radius 3 is 2.18 bits per heavy atom. The third kappa shape index (κ3) is 9.70. The molecule has 1 aliphatic heterocycles. The summed E-state index contributed by atoms with van der Waals surface area (Å²) in [5.74, 6) is -1.70. The zero-order valence-electron chi connectivity index (χ0n) is 18.9. The predicted molar refractivity (Wildman–Crippen MR) is 125 cm³/mol. The average molecular weight is 456 g/mol. The zero-order valence-corrected chi connectivity index (χ0v) is 18.9. The second kappa shape index (κ2) is 13.2. The van der Waals surface area contributed by atoms with E-state index in [4.69, 9.17) is 14.9 Å². The smallest absolute Gasteiger partial charge is 0.328 e. The number of ether oxygens (including phenoxy) is 1. The molecule has 1 saturated heterocycles. The first kappa shape index (κ1) is 25.8. The first-order valence-corrected chi connectivity index (χ1v) is 10.7. The largest absolute Gasteiger partial charge is 0.490 e. The van der Waals surface area contributed by atoms with Crippen LogP contribution in [0.1, 0.15) is 31.7 Å². The first-order valence-electron chi connectivity index (χ1n) is 10.7. The molecule has 0 saturated carbocycles. The molecule has 2 aromatic carbocycles. The van der Waals surface area contributed by atoms with Crippen molar-refractivity contribution in [2.45, 2.75) is 32.3 Å². The van der Waals surface area contributed by atoms with Gasteiger partial charge in [-0.1, -0.05) is 42.0 Å². The maximum Gasteiger partial charge on any atom is 0.328 e. The Morgan fingerprint density at radius 2 is 1.64 bits per heavy atom. The third-order valence-electron chi connectivity index (χ3n) is 5.09. The Kier molecular flexibility index (Phi) is 10.3. The maximum atomic E-state index is 13.1. The molecule has 1 heterocycles. The fraction of sp³-hybridized carbons (Fsp3) is 0.308. The van der Waals surface area contributed by atoms with Gasteiger partial charge in [0.15, 0.2) is 0 Å². The van der Waals surface area contributed by atoms with E-state index in [1.165, 1.54) is 23.3 Å². The van der Waals surface area contributed by atoms with Crippen LogP contribution in [0, 0.1) is 5.82 Å². The molecule has 0 aliphatic carbocycles. The van der Waals surface area contributed by atoms with Crippen molar-refractivity contribution in [3.05, 3.63) is 89.8 Å². The van der Waals surface area contributed by atoms with Gasteiger partial charge in [-0.3, -0.25) is 4.90 Å². The van der Waals surface area contributed by atoms with E-state index in [0.717, 1.165) is 31.8 Å². The number of carboxylic acid groups (broad SMARTS) is 2. The van der Waals surface area contributed by atoms with E-state index in [0.29, 0.717) is 18.1 Å². The molecule has 0 radical (unpaired) electrons. The van der Waals surface area contributed by atoms with Gasteiger partial charge in [0.05, 0.1) is 0 Å². The van der Waals surface area contributed by atoms with Crippen molar-refractivity contribution in [1.82, 2.24) is 4.90 Å². The average Bonchev–Trinajstić information content (AvgIpc) is 2.79. The summed E-state index contributed by atoms with van der Waals surface area (Å²) in [5.41, 5.74) is 2.65. The topological polar surface area (TPSA) is 87.1 Å². The van der Waals surface area contributed by atoms with Crippen molar-refractivity contribution in [3.63, 3.8) is 0 Å². The molecular weight excluding hydrogens is 425 g/mol. The monoisotopic (exact) mass is 455 g/mol. The molecule has 0 amide bonds. The highest BCUT2D eigenvalue weighted by Crippen LogP contribution is 2.31. The van der Waals surface area contributed by atoms with Gasteiger partial charge in [0.1, 0.15) is 17.7 Å². The Bertz CT molecular complexity index is 936. The van der Waals surface area contributed by atoms with Crippen molar-refractivity contribution in [2.24, 2.45) is 0 Å². The lowest BCUT2D eigenvalue weighted by atomic mass is 9.87. The van der Waals surface area contributed by atoms with Gasteiger partial charge in [0.25, 0.3) is 0 Å². The summed E-state index contributed by atoms with van der Waals surface area (Å²) in [5, 5.41) is 15.6. The summed E-state index contributed by atoms with van der Waals surface area (Å²) in [7, 11) is 0. The van der Waals surface area contributed by atoms with Gasteiger partial charge in [-0.15, -0.1) is 0 Å². The maximum absolute atomic E-state index is 13.1. The number of allylic oxidation sites excluding steroid dienone is 1. The number of rotatable bonds is 7. The van der Waals surface area contributed by atoms with Gasteiger partial charge in [0, 0.05) is 37.7 Å². The lowest BCUT2D eigenvalue weighted by molar-refractivity contribution is -0.134. The number of halogens is 1. The highest BCUT2D eigenvalue weighted by molar-refractivity contribution is 5.89. The van der Waals surface area contributed by atoms with Crippen molar-refractivity contribution in [1.29, 1.82) is 0 Å². The van der Waals surface area contributed by atoms with Gasteiger partial charge < -0.3 is 14.9 Å². The lowest BCUT2D eigenvalue weighted by Crippen LogP contribution is -2.44. The van der Waals surface area contributed by atoms with Crippen LogP contribution in [-0.2, 0) is 9.59 Å². The van der Waals surface area contributed by atoms with Crippen LogP contribution in [0.3, 0.4) is 0 Å². The van der Waals surface area contributed by atoms with Crippen LogP contribution < -0.4 is 4.74 Å². The van der Waals surface area contributed by atoms with Gasteiger partial charge in [0.2, 0.25) is 0 Å². The lowest BCUT2D eigenvalue weighted by Gasteiger charge is -2.38. The molecule has 7 heteroatoms. The van der Waals surface area contributed by atoms with E-state index in [9.17, 15) is 14.0 Å². The quantitative estimate of drug-likeness (QED) is 0.463. The Balaban J connectivity index is 0.000000414. The molecule has 176 valence electrons. The number of likely N-dealkylation sites (tertiary alicyclic amines) is 1. The molecule has 6 nitrogen and oxygen atoms in total. The fourth-order valence-corrected chi connectivity index (χ4v) is 3.47. The van der Waals surface area contributed by atoms with Crippen LogP contribution in [0.2, 0.25) is 0 Å². The van der Waals surface area contributed by atoms with Crippen molar-refractivity contribution >= 4 is 11.9 Å². The van der Waals surface area contributed by atoms with Crippen molar-refractivity contribution in [2.75, 3.05) is 19.6 Å². The summed E-state index contributed by atoms with van der Waals surface area (Å²) >= 11 is 0.